The van der Waals surface area contributed by atoms with Gasteiger partial charge in [-0.2, -0.15) is 0 Å². The van der Waals surface area contributed by atoms with Crippen LogP contribution in [0.2, 0.25) is 0 Å². The lowest BCUT2D eigenvalue weighted by Crippen LogP contribution is -2.25. The molecule has 1 rings (SSSR count). The molecule has 0 aromatic heterocycles. The lowest BCUT2D eigenvalue weighted by molar-refractivity contribution is 0.299. The first-order valence-corrected chi connectivity index (χ1v) is 6.24. The van der Waals surface area contributed by atoms with E-state index in [0.717, 1.165) is 25.9 Å². The molecule has 0 radical (unpaired) electrons. The molecule has 0 saturated heterocycles. The van der Waals surface area contributed by atoms with Crippen LogP contribution in [-0.2, 0) is 13.0 Å². The minimum atomic E-state index is 0.694. The zero-order valence-corrected chi connectivity index (χ0v) is 10.7. The van der Waals surface area contributed by atoms with Gasteiger partial charge in [0.25, 0.3) is 0 Å². The summed E-state index contributed by atoms with van der Waals surface area (Å²) in [4.78, 5) is 2.30. The van der Waals surface area contributed by atoms with Crippen molar-refractivity contribution in [2.24, 2.45) is 5.73 Å². The minimum Gasteiger partial charge on any atom is -0.330 e. The van der Waals surface area contributed by atoms with Crippen LogP contribution < -0.4 is 5.73 Å². The normalized spacial score (nSPS) is 10.5. The van der Waals surface area contributed by atoms with Gasteiger partial charge in [0.2, 0.25) is 0 Å². The van der Waals surface area contributed by atoms with Crippen molar-refractivity contribution < 1.29 is 0 Å². The number of benzene rings is 1. The Hall–Kier alpha value is -1.30. The third kappa shape index (κ3) is 4.60. The molecule has 1 aromatic rings. The fourth-order valence-corrected chi connectivity index (χ4v) is 2.01. The Labute approximate surface area is 105 Å². The van der Waals surface area contributed by atoms with Gasteiger partial charge in [0.1, 0.15) is 0 Å². The SMILES string of the molecule is C#CCN(CCC)Cc1ccccc1CCN. The highest BCUT2D eigenvalue weighted by molar-refractivity contribution is 5.27. The molecule has 0 aliphatic rings. The quantitative estimate of drug-likeness (QED) is 0.726. The van der Waals surface area contributed by atoms with Crippen molar-refractivity contribution in [2.45, 2.75) is 26.3 Å². The highest BCUT2D eigenvalue weighted by atomic mass is 15.1. The van der Waals surface area contributed by atoms with Crippen molar-refractivity contribution in [3.05, 3.63) is 35.4 Å². The van der Waals surface area contributed by atoms with Gasteiger partial charge in [-0.25, -0.2) is 0 Å². The third-order valence-electron chi connectivity index (χ3n) is 2.78. The molecule has 0 aliphatic carbocycles. The molecular weight excluding hydrogens is 208 g/mol. The van der Waals surface area contributed by atoms with Crippen LogP contribution in [0, 0.1) is 12.3 Å². The third-order valence-corrected chi connectivity index (χ3v) is 2.78. The van der Waals surface area contributed by atoms with Crippen LogP contribution in [0.5, 0.6) is 0 Å². The van der Waals surface area contributed by atoms with Gasteiger partial charge >= 0.3 is 0 Å². The maximum atomic E-state index is 5.63. The standard InChI is InChI=1S/C15H22N2/c1-3-11-17(12-4-2)13-15-8-6-5-7-14(15)9-10-16/h1,5-8H,4,9-13,16H2,2H3. The van der Waals surface area contributed by atoms with Gasteiger partial charge in [0.05, 0.1) is 6.54 Å². The molecule has 0 bridgehead atoms. The summed E-state index contributed by atoms with van der Waals surface area (Å²) in [5, 5.41) is 0. The first-order chi connectivity index (χ1) is 8.31. The molecule has 92 valence electrons. The summed E-state index contributed by atoms with van der Waals surface area (Å²) < 4.78 is 0. The van der Waals surface area contributed by atoms with Crippen LogP contribution in [0.3, 0.4) is 0 Å². The van der Waals surface area contributed by atoms with Gasteiger partial charge < -0.3 is 5.73 Å². The molecular formula is C15H22N2. The fraction of sp³-hybridized carbons (Fsp3) is 0.467. The molecule has 0 aliphatic heterocycles. The zero-order valence-electron chi connectivity index (χ0n) is 10.7. The van der Waals surface area contributed by atoms with Gasteiger partial charge in [0, 0.05) is 6.54 Å². The fourth-order valence-electron chi connectivity index (χ4n) is 2.01. The van der Waals surface area contributed by atoms with E-state index in [0.29, 0.717) is 13.1 Å². The number of nitrogens with two attached hydrogens (primary N) is 1. The molecule has 0 fully saturated rings. The predicted molar refractivity (Wildman–Crippen MR) is 73.6 cm³/mol. The number of nitrogens with zero attached hydrogens (tertiary/aromatic N) is 1. The van der Waals surface area contributed by atoms with Crippen molar-refractivity contribution in [1.29, 1.82) is 0 Å². The van der Waals surface area contributed by atoms with Crippen molar-refractivity contribution in [3.63, 3.8) is 0 Å². The van der Waals surface area contributed by atoms with Crippen LogP contribution in [0.1, 0.15) is 24.5 Å². The second-order valence-corrected chi connectivity index (χ2v) is 4.22. The molecule has 2 nitrogen and oxygen atoms in total. The molecule has 0 saturated carbocycles. The van der Waals surface area contributed by atoms with E-state index in [9.17, 15) is 0 Å². The summed E-state index contributed by atoms with van der Waals surface area (Å²) in [5.41, 5.74) is 8.32. The number of terminal acetylenes is 1. The Morgan fingerprint density at radius 1 is 1.29 bits per heavy atom. The first-order valence-electron chi connectivity index (χ1n) is 6.24. The van der Waals surface area contributed by atoms with Crippen LogP contribution in [0.4, 0.5) is 0 Å². The molecule has 0 heterocycles. The molecule has 1 aromatic carbocycles. The number of rotatable bonds is 7. The summed E-state index contributed by atoms with van der Waals surface area (Å²) in [5.74, 6) is 2.73. The Balaban J connectivity index is 2.73. The van der Waals surface area contributed by atoms with E-state index in [4.69, 9.17) is 12.2 Å². The minimum absolute atomic E-state index is 0.694. The van der Waals surface area contributed by atoms with Crippen molar-refractivity contribution in [1.82, 2.24) is 4.90 Å². The Bertz CT molecular complexity index is 365. The van der Waals surface area contributed by atoms with Crippen LogP contribution in [0.25, 0.3) is 0 Å². The van der Waals surface area contributed by atoms with E-state index < -0.39 is 0 Å². The van der Waals surface area contributed by atoms with Gasteiger partial charge in [-0.3, -0.25) is 4.90 Å². The maximum absolute atomic E-state index is 5.63. The van der Waals surface area contributed by atoms with E-state index in [1.54, 1.807) is 0 Å². The van der Waals surface area contributed by atoms with E-state index in [-0.39, 0.29) is 0 Å². The largest absolute Gasteiger partial charge is 0.330 e. The Morgan fingerprint density at radius 3 is 2.59 bits per heavy atom. The van der Waals surface area contributed by atoms with Crippen molar-refractivity contribution >= 4 is 0 Å². The van der Waals surface area contributed by atoms with E-state index in [1.807, 2.05) is 0 Å². The lowest BCUT2D eigenvalue weighted by atomic mass is 10.0. The molecule has 0 unspecified atom stereocenters. The zero-order chi connectivity index (χ0) is 12.5. The van der Waals surface area contributed by atoms with Crippen molar-refractivity contribution in [2.75, 3.05) is 19.6 Å². The number of hydrogen-bond donors (Lipinski definition) is 1. The summed E-state index contributed by atoms with van der Waals surface area (Å²) in [6, 6.07) is 8.47. The molecule has 2 heteroatoms. The topological polar surface area (TPSA) is 29.3 Å². The average molecular weight is 230 g/mol. The summed E-state index contributed by atoms with van der Waals surface area (Å²) in [6.07, 6.45) is 7.46. The average Bonchev–Trinajstić information content (AvgIpc) is 2.33. The molecule has 0 spiro atoms. The van der Waals surface area contributed by atoms with E-state index in [2.05, 4.69) is 42.0 Å². The second kappa shape index (κ2) is 7.89. The molecule has 17 heavy (non-hydrogen) atoms. The summed E-state index contributed by atoms with van der Waals surface area (Å²) in [7, 11) is 0. The van der Waals surface area contributed by atoms with Crippen LogP contribution in [-0.4, -0.2) is 24.5 Å². The van der Waals surface area contributed by atoms with Crippen molar-refractivity contribution in [3.8, 4) is 12.3 Å². The molecule has 0 atom stereocenters. The van der Waals surface area contributed by atoms with E-state index >= 15 is 0 Å². The van der Waals surface area contributed by atoms with Gasteiger partial charge in [-0.1, -0.05) is 37.1 Å². The molecule has 2 N–H and O–H groups in total. The highest BCUT2D eigenvalue weighted by Crippen LogP contribution is 2.12. The highest BCUT2D eigenvalue weighted by Gasteiger charge is 2.06. The van der Waals surface area contributed by atoms with Crippen LogP contribution >= 0.6 is 0 Å². The van der Waals surface area contributed by atoms with Gasteiger partial charge in [-0.05, 0) is 37.1 Å². The van der Waals surface area contributed by atoms with E-state index in [1.165, 1.54) is 11.1 Å². The number of hydrogen-bond acceptors (Lipinski definition) is 2. The summed E-state index contributed by atoms with van der Waals surface area (Å²) in [6.45, 7) is 5.55. The predicted octanol–water partition coefficient (Wildman–Crippen LogP) is 2.03. The van der Waals surface area contributed by atoms with Crippen LogP contribution in [0.15, 0.2) is 24.3 Å². The Morgan fingerprint density at radius 2 is 2.00 bits per heavy atom. The van der Waals surface area contributed by atoms with Gasteiger partial charge in [0.15, 0.2) is 0 Å². The lowest BCUT2D eigenvalue weighted by Gasteiger charge is -2.20. The monoisotopic (exact) mass is 230 g/mol. The first kappa shape index (κ1) is 13.8. The smallest absolute Gasteiger partial charge is 0.0601 e. The summed E-state index contributed by atoms with van der Waals surface area (Å²) >= 11 is 0. The Kier molecular flexibility index (Phi) is 6.39. The molecule has 0 amide bonds. The second-order valence-electron chi connectivity index (χ2n) is 4.22. The maximum Gasteiger partial charge on any atom is 0.0601 e. The van der Waals surface area contributed by atoms with Gasteiger partial charge in [-0.15, -0.1) is 6.42 Å².